The van der Waals surface area contributed by atoms with Gasteiger partial charge in [-0.15, -0.1) is 0 Å². The highest BCUT2D eigenvalue weighted by molar-refractivity contribution is 6.31. The Morgan fingerprint density at radius 1 is 1.53 bits per heavy atom. The van der Waals surface area contributed by atoms with Crippen molar-refractivity contribution in [2.75, 3.05) is 19.0 Å². The number of piperidine rings is 1. The Bertz CT molecular complexity index is 505. The van der Waals surface area contributed by atoms with Crippen molar-refractivity contribution in [1.82, 2.24) is 5.32 Å². The first kappa shape index (κ1) is 13.7. The van der Waals surface area contributed by atoms with E-state index >= 15 is 0 Å². The predicted molar refractivity (Wildman–Crippen MR) is 72.4 cm³/mol. The molecule has 1 aliphatic rings. The van der Waals surface area contributed by atoms with Gasteiger partial charge in [0.1, 0.15) is 5.75 Å². The van der Waals surface area contributed by atoms with Gasteiger partial charge in [-0.25, -0.2) is 0 Å². The summed E-state index contributed by atoms with van der Waals surface area (Å²) in [5.74, 6) is -0.0460. The molecule has 1 atom stereocenters. The fraction of sp³-hybridized carbons (Fsp3) is 0.385. The minimum absolute atomic E-state index is 0.0931. The zero-order valence-electron chi connectivity index (χ0n) is 10.5. The van der Waals surface area contributed by atoms with Crippen molar-refractivity contribution in [3.05, 3.63) is 23.2 Å². The second-order valence-corrected chi connectivity index (χ2v) is 4.81. The zero-order valence-corrected chi connectivity index (χ0v) is 11.3. The van der Waals surface area contributed by atoms with Gasteiger partial charge in [-0.05, 0) is 24.6 Å². The van der Waals surface area contributed by atoms with E-state index in [1.54, 1.807) is 18.2 Å². The number of ether oxygens (including phenoxy) is 1. The maximum absolute atomic E-state index is 12.1. The number of carbonyl (C=O) groups excluding carboxylic acids is 2. The second-order valence-electron chi connectivity index (χ2n) is 4.37. The van der Waals surface area contributed by atoms with Crippen molar-refractivity contribution in [3.8, 4) is 5.75 Å². The molecule has 0 aliphatic carbocycles. The lowest BCUT2D eigenvalue weighted by molar-refractivity contribution is -0.129. The van der Waals surface area contributed by atoms with Crippen LogP contribution in [0.5, 0.6) is 5.75 Å². The fourth-order valence-electron chi connectivity index (χ4n) is 2.02. The average molecular weight is 283 g/mol. The molecule has 19 heavy (non-hydrogen) atoms. The number of halogens is 1. The molecule has 0 radical (unpaired) electrons. The van der Waals surface area contributed by atoms with E-state index in [0.29, 0.717) is 29.4 Å². The van der Waals surface area contributed by atoms with Gasteiger partial charge in [0.2, 0.25) is 11.8 Å². The third-order valence-corrected chi connectivity index (χ3v) is 3.27. The normalized spacial score (nSPS) is 18.6. The highest BCUT2D eigenvalue weighted by atomic mass is 35.5. The highest BCUT2D eigenvalue weighted by Gasteiger charge is 2.26. The molecule has 0 aromatic heterocycles. The Balaban J connectivity index is 2.09. The molecule has 0 bridgehead atoms. The zero-order chi connectivity index (χ0) is 13.8. The lowest BCUT2D eigenvalue weighted by Gasteiger charge is -2.21. The Hall–Kier alpha value is -1.75. The third-order valence-electron chi connectivity index (χ3n) is 3.04. The van der Waals surface area contributed by atoms with Crippen LogP contribution in [-0.4, -0.2) is 25.5 Å². The van der Waals surface area contributed by atoms with Crippen molar-refractivity contribution in [1.29, 1.82) is 0 Å². The SMILES string of the molecule is COc1ccc(Cl)cc1NC(=O)C1CCNC(=O)C1. The number of benzene rings is 1. The number of amides is 2. The third kappa shape index (κ3) is 3.38. The molecule has 5 nitrogen and oxygen atoms in total. The Labute approximate surface area is 116 Å². The maximum Gasteiger partial charge on any atom is 0.228 e. The maximum atomic E-state index is 12.1. The van der Waals surface area contributed by atoms with Crippen LogP contribution in [0, 0.1) is 5.92 Å². The molecule has 1 heterocycles. The highest BCUT2D eigenvalue weighted by Crippen LogP contribution is 2.28. The van der Waals surface area contributed by atoms with E-state index in [0.717, 1.165) is 0 Å². The van der Waals surface area contributed by atoms with E-state index < -0.39 is 0 Å². The standard InChI is InChI=1S/C13H15ClN2O3/c1-19-11-3-2-9(14)7-10(11)16-13(18)8-4-5-15-12(17)6-8/h2-3,7-8H,4-6H2,1H3,(H,15,17)(H,16,18). The summed E-state index contributed by atoms with van der Waals surface area (Å²) in [7, 11) is 1.52. The van der Waals surface area contributed by atoms with Gasteiger partial charge in [-0.2, -0.15) is 0 Å². The quantitative estimate of drug-likeness (QED) is 0.888. The van der Waals surface area contributed by atoms with Gasteiger partial charge in [0.25, 0.3) is 0 Å². The van der Waals surface area contributed by atoms with Crippen LogP contribution in [0.3, 0.4) is 0 Å². The van der Waals surface area contributed by atoms with Crippen LogP contribution in [0.1, 0.15) is 12.8 Å². The summed E-state index contributed by atoms with van der Waals surface area (Å²) in [4.78, 5) is 23.4. The van der Waals surface area contributed by atoms with Crippen LogP contribution in [-0.2, 0) is 9.59 Å². The Morgan fingerprint density at radius 3 is 3.00 bits per heavy atom. The number of carbonyl (C=O) groups is 2. The van der Waals surface area contributed by atoms with Gasteiger partial charge in [-0.3, -0.25) is 9.59 Å². The first-order chi connectivity index (χ1) is 9.10. The minimum atomic E-state index is -0.308. The molecule has 6 heteroatoms. The smallest absolute Gasteiger partial charge is 0.228 e. The van der Waals surface area contributed by atoms with E-state index in [1.165, 1.54) is 7.11 Å². The molecule has 1 saturated heterocycles. The molecule has 1 aromatic carbocycles. The lowest BCUT2D eigenvalue weighted by Crippen LogP contribution is -2.38. The van der Waals surface area contributed by atoms with E-state index in [1.807, 2.05) is 0 Å². The molecule has 1 fully saturated rings. The number of rotatable bonds is 3. The first-order valence-corrected chi connectivity index (χ1v) is 6.39. The molecule has 102 valence electrons. The van der Waals surface area contributed by atoms with Crippen LogP contribution in [0.25, 0.3) is 0 Å². The molecule has 1 unspecified atom stereocenters. The van der Waals surface area contributed by atoms with Gasteiger partial charge in [0.05, 0.1) is 12.8 Å². The molecular weight excluding hydrogens is 268 g/mol. The average Bonchev–Trinajstić information content (AvgIpc) is 2.39. The van der Waals surface area contributed by atoms with Gasteiger partial charge in [-0.1, -0.05) is 11.6 Å². The van der Waals surface area contributed by atoms with Gasteiger partial charge in [0, 0.05) is 23.9 Å². The summed E-state index contributed by atoms with van der Waals surface area (Å²) in [6, 6.07) is 5.00. The lowest BCUT2D eigenvalue weighted by atomic mass is 9.96. The number of hydrogen-bond donors (Lipinski definition) is 2. The molecule has 0 spiro atoms. The van der Waals surface area contributed by atoms with Crippen molar-refractivity contribution in [2.24, 2.45) is 5.92 Å². The van der Waals surface area contributed by atoms with Gasteiger partial charge in [0.15, 0.2) is 0 Å². The molecule has 1 aromatic rings. The number of hydrogen-bond acceptors (Lipinski definition) is 3. The Kier molecular flexibility index (Phi) is 4.27. The summed E-state index contributed by atoms with van der Waals surface area (Å²) in [5, 5.41) is 5.97. The van der Waals surface area contributed by atoms with E-state index in [4.69, 9.17) is 16.3 Å². The molecule has 2 amide bonds. The van der Waals surface area contributed by atoms with E-state index in [9.17, 15) is 9.59 Å². The number of anilines is 1. The predicted octanol–water partition coefficient (Wildman–Crippen LogP) is 1.81. The molecular formula is C13H15ClN2O3. The van der Waals surface area contributed by atoms with Crippen molar-refractivity contribution in [3.63, 3.8) is 0 Å². The van der Waals surface area contributed by atoms with Gasteiger partial charge >= 0.3 is 0 Å². The summed E-state index contributed by atoms with van der Waals surface area (Å²) >= 11 is 5.90. The van der Waals surface area contributed by atoms with Gasteiger partial charge < -0.3 is 15.4 Å². The van der Waals surface area contributed by atoms with E-state index in [2.05, 4.69) is 10.6 Å². The Morgan fingerprint density at radius 2 is 2.32 bits per heavy atom. The van der Waals surface area contributed by atoms with Crippen LogP contribution in [0.4, 0.5) is 5.69 Å². The van der Waals surface area contributed by atoms with Crippen LogP contribution in [0.2, 0.25) is 5.02 Å². The van der Waals surface area contributed by atoms with Crippen LogP contribution < -0.4 is 15.4 Å². The van der Waals surface area contributed by atoms with Crippen molar-refractivity contribution in [2.45, 2.75) is 12.8 Å². The summed E-state index contributed by atoms with van der Waals surface area (Å²) in [6.45, 7) is 0.531. The molecule has 1 aliphatic heterocycles. The summed E-state index contributed by atoms with van der Waals surface area (Å²) < 4.78 is 5.16. The summed E-state index contributed by atoms with van der Waals surface area (Å²) in [5.41, 5.74) is 0.519. The first-order valence-electron chi connectivity index (χ1n) is 6.01. The van der Waals surface area contributed by atoms with Crippen LogP contribution >= 0.6 is 11.6 Å². The fourth-order valence-corrected chi connectivity index (χ4v) is 2.19. The second kappa shape index (κ2) is 5.93. The topological polar surface area (TPSA) is 67.4 Å². The molecule has 0 saturated carbocycles. The van der Waals surface area contributed by atoms with E-state index in [-0.39, 0.29) is 24.2 Å². The largest absolute Gasteiger partial charge is 0.495 e. The minimum Gasteiger partial charge on any atom is -0.495 e. The van der Waals surface area contributed by atoms with Crippen molar-refractivity contribution >= 4 is 29.1 Å². The molecule has 2 rings (SSSR count). The van der Waals surface area contributed by atoms with Crippen LogP contribution in [0.15, 0.2) is 18.2 Å². The number of nitrogens with one attached hydrogen (secondary N) is 2. The number of methoxy groups -OCH3 is 1. The summed E-state index contributed by atoms with van der Waals surface area (Å²) in [6.07, 6.45) is 0.856. The molecule has 2 N–H and O–H groups in total. The monoisotopic (exact) mass is 282 g/mol. The van der Waals surface area contributed by atoms with Crippen molar-refractivity contribution < 1.29 is 14.3 Å².